The number of hydrogen-bond acceptors (Lipinski definition) is 3. The van der Waals surface area contributed by atoms with Crippen molar-refractivity contribution in [1.82, 2.24) is 14.3 Å². The van der Waals surface area contributed by atoms with Gasteiger partial charge < -0.3 is 14.4 Å². The Hall–Kier alpha value is -2.66. The van der Waals surface area contributed by atoms with E-state index in [4.69, 9.17) is 4.98 Å². The molecule has 2 fully saturated rings. The Bertz CT molecular complexity index is 950. The second-order valence-electron chi connectivity index (χ2n) is 8.19. The van der Waals surface area contributed by atoms with Gasteiger partial charge in [0.2, 0.25) is 5.91 Å². The fourth-order valence-electron chi connectivity index (χ4n) is 4.77. The van der Waals surface area contributed by atoms with E-state index in [1.165, 1.54) is 5.56 Å². The van der Waals surface area contributed by atoms with Gasteiger partial charge in [-0.25, -0.2) is 4.98 Å². The third kappa shape index (κ3) is 2.81. The van der Waals surface area contributed by atoms with Gasteiger partial charge in [0.15, 0.2) is 0 Å². The Morgan fingerprint density at radius 2 is 1.75 bits per heavy atom. The van der Waals surface area contributed by atoms with Gasteiger partial charge in [-0.05, 0) is 43.4 Å². The first-order chi connectivity index (χ1) is 13.7. The van der Waals surface area contributed by atoms with Gasteiger partial charge in [0.25, 0.3) is 0 Å². The number of piperidine rings is 1. The molecule has 3 aromatic rings. The molecule has 2 aliphatic rings. The third-order valence-electron chi connectivity index (χ3n) is 6.57. The molecular formula is C23H25N3O2. The molecular weight excluding hydrogens is 350 g/mol. The van der Waals surface area contributed by atoms with E-state index < -0.39 is 0 Å². The maximum atomic E-state index is 12.7. The minimum atomic E-state index is -0.292. The van der Waals surface area contributed by atoms with Crippen LogP contribution in [0.4, 0.5) is 0 Å². The standard InChI is InChI=1S/C23H25N3O2/c27-19-14-17(15-19)22(28)25-12-9-23(10-13-25,18-6-2-1-3-7-18)20-16-26-11-5-4-8-21(26)24-20/h1-8,11,16-17,19,27H,9-10,12-15H2. The zero-order valence-corrected chi connectivity index (χ0v) is 15.9. The summed E-state index contributed by atoms with van der Waals surface area (Å²) < 4.78 is 2.08. The summed E-state index contributed by atoms with van der Waals surface area (Å²) in [6.07, 6.45) is 6.84. The largest absolute Gasteiger partial charge is 0.393 e. The van der Waals surface area contributed by atoms with Crippen LogP contribution >= 0.6 is 0 Å². The molecule has 0 bridgehead atoms. The van der Waals surface area contributed by atoms with Crippen molar-refractivity contribution < 1.29 is 9.90 Å². The number of benzene rings is 1. The van der Waals surface area contributed by atoms with Crippen molar-refractivity contribution in [3.63, 3.8) is 0 Å². The van der Waals surface area contributed by atoms with Gasteiger partial charge in [-0.1, -0.05) is 36.4 Å². The summed E-state index contributed by atoms with van der Waals surface area (Å²) in [6, 6.07) is 16.6. The van der Waals surface area contributed by atoms with Crippen LogP contribution in [0, 0.1) is 5.92 Å². The van der Waals surface area contributed by atoms with Crippen LogP contribution in [0.5, 0.6) is 0 Å². The number of likely N-dealkylation sites (tertiary alicyclic amines) is 1. The number of pyridine rings is 1. The van der Waals surface area contributed by atoms with E-state index in [1.54, 1.807) is 0 Å². The zero-order valence-electron chi connectivity index (χ0n) is 15.9. The fraction of sp³-hybridized carbons (Fsp3) is 0.391. The second-order valence-corrected chi connectivity index (χ2v) is 8.19. The lowest BCUT2D eigenvalue weighted by molar-refractivity contribution is -0.143. The Balaban J connectivity index is 1.46. The number of imidazole rings is 1. The summed E-state index contributed by atoms with van der Waals surface area (Å²) >= 11 is 0. The molecule has 1 saturated heterocycles. The highest BCUT2D eigenvalue weighted by Gasteiger charge is 2.43. The molecule has 5 nitrogen and oxygen atoms in total. The second kappa shape index (κ2) is 6.74. The van der Waals surface area contributed by atoms with Crippen molar-refractivity contribution in [2.24, 2.45) is 5.92 Å². The Morgan fingerprint density at radius 1 is 1.04 bits per heavy atom. The van der Waals surface area contributed by atoms with Crippen LogP contribution in [0.15, 0.2) is 60.9 Å². The van der Waals surface area contributed by atoms with E-state index in [0.29, 0.717) is 12.8 Å². The molecule has 1 aliphatic carbocycles. The van der Waals surface area contributed by atoms with Crippen LogP contribution < -0.4 is 0 Å². The number of nitrogens with zero attached hydrogens (tertiary/aromatic N) is 3. The predicted molar refractivity (Wildman–Crippen MR) is 107 cm³/mol. The fourth-order valence-corrected chi connectivity index (χ4v) is 4.77. The van der Waals surface area contributed by atoms with Crippen LogP contribution in [0.1, 0.15) is 36.9 Å². The highest BCUT2D eigenvalue weighted by Crippen LogP contribution is 2.42. The van der Waals surface area contributed by atoms with Gasteiger partial charge in [0.05, 0.1) is 11.8 Å². The Kier molecular flexibility index (Phi) is 4.20. The Morgan fingerprint density at radius 3 is 2.43 bits per heavy atom. The molecule has 1 N–H and O–H groups in total. The minimum absolute atomic E-state index is 0.00872. The quantitative estimate of drug-likeness (QED) is 0.766. The van der Waals surface area contributed by atoms with Gasteiger partial charge in [0.1, 0.15) is 5.65 Å². The van der Waals surface area contributed by atoms with E-state index >= 15 is 0 Å². The number of carbonyl (C=O) groups excluding carboxylic acids is 1. The minimum Gasteiger partial charge on any atom is -0.393 e. The number of aliphatic hydroxyl groups is 1. The van der Waals surface area contributed by atoms with Crippen LogP contribution in [-0.4, -0.2) is 44.5 Å². The first kappa shape index (κ1) is 17.4. The molecule has 0 spiro atoms. The number of hydrogen-bond donors (Lipinski definition) is 1. The molecule has 1 aliphatic heterocycles. The van der Waals surface area contributed by atoms with Crippen LogP contribution in [0.2, 0.25) is 0 Å². The molecule has 5 rings (SSSR count). The number of fused-ring (bicyclic) bond motifs is 1. The maximum Gasteiger partial charge on any atom is 0.225 e. The van der Waals surface area contributed by atoms with Crippen molar-refractivity contribution in [1.29, 1.82) is 0 Å². The summed E-state index contributed by atoms with van der Waals surface area (Å²) in [6.45, 7) is 1.46. The molecule has 2 aromatic heterocycles. The molecule has 1 saturated carbocycles. The summed E-state index contributed by atoms with van der Waals surface area (Å²) in [5.41, 5.74) is 3.12. The van der Waals surface area contributed by atoms with Gasteiger partial charge in [-0.3, -0.25) is 4.79 Å². The summed E-state index contributed by atoms with van der Waals surface area (Å²) in [4.78, 5) is 19.7. The molecule has 0 unspecified atom stereocenters. The summed E-state index contributed by atoms with van der Waals surface area (Å²) in [5.74, 6) is 0.219. The zero-order chi connectivity index (χ0) is 19.1. The topological polar surface area (TPSA) is 57.8 Å². The van der Waals surface area contributed by atoms with E-state index in [9.17, 15) is 9.90 Å². The first-order valence-electron chi connectivity index (χ1n) is 10.1. The van der Waals surface area contributed by atoms with Crippen LogP contribution in [-0.2, 0) is 10.2 Å². The lowest BCUT2D eigenvalue weighted by Gasteiger charge is -2.43. The maximum absolute atomic E-state index is 12.7. The average Bonchev–Trinajstić information content (AvgIpc) is 3.16. The van der Waals surface area contributed by atoms with Gasteiger partial charge in [-0.15, -0.1) is 0 Å². The van der Waals surface area contributed by atoms with Crippen LogP contribution in [0.3, 0.4) is 0 Å². The number of aliphatic hydroxyl groups excluding tert-OH is 1. The third-order valence-corrected chi connectivity index (χ3v) is 6.57. The van der Waals surface area contributed by atoms with Crippen LogP contribution in [0.25, 0.3) is 5.65 Å². The molecule has 3 heterocycles. The number of carbonyl (C=O) groups is 1. The van der Waals surface area contributed by atoms with Gasteiger partial charge in [-0.2, -0.15) is 0 Å². The number of rotatable bonds is 3. The highest BCUT2D eigenvalue weighted by molar-refractivity contribution is 5.80. The lowest BCUT2D eigenvalue weighted by atomic mass is 9.70. The highest BCUT2D eigenvalue weighted by atomic mass is 16.3. The number of aromatic nitrogens is 2. The van der Waals surface area contributed by atoms with Crippen molar-refractivity contribution in [2.45, 2.75) is 37.2 Å². The molecule has 144 valence electrons. The monoisotopic (exact) mass is 375 g/mol. The molecule has 0 atom stereocenters. The average molecular weight is 375 g/mol. The molecule has 5 heteroatoms. The molecule has 28 heavy (non-hydrogen) atoms. The molecule has 1 amide bonds. The van der Waals surface area contributed by atoms with Gasteiger partial charge >= 0.3 is 0 Å². The first-order valence-corrected chi connectivity index (χ1v) is 10.1. The molecule has 0 radical (unpaired) electrons. The van der Waals surface area contributed by atoms with E-state index in [-0.39, 0.29) is 23.3 Å². The summed E-state index contributed by atoms with van der Waals surface area (Å²) in [7, 11) is 0. The Labute approximate surface area is 164 Å². The van der Waals surface area contributed by atoms with Crippen molar-refractivity contribution in [2.75, 3.05) is 13.1 Å². The van der Waals surface area contributed by atoms with Crippen molar-refractivity contribution in [3.8, 4) is 0 Å². The van der Waals surface area contributed by atoms with Crippen molar-refractivity contribution in [3.05, 3.63) is 72.2 Å². The SMILES string of the molecule is O=C(C1CC(O)C1)N1CCC(c2ccccc2)(c2cn3ccccc3n2)CC1. The van der Waals surface area contributed by atoms with Crippen molar-refractivity contribution >= 4 is 11.6 Å². The predicted octanol–water partition coefficient (Wildman–Crippen LogP) is 3.01. The summed E-state index contributed by atoms with van der Waals surface area (Å²) in [5, 5.41) is 9.53. The van der Waals surface area contributed by atoms with Gasteiger partial charge in [0, 0.05) is 36.8 Å². The smallest absolute Gasteiger partial charge is 0.225 e. The van der Waals surface area contributed by atoms with E-state index in [0.717, 1.165) is 37.3 Å². The normalized spacial score (nSPS) is 24.1. The van der Waals surface area contributed by atoms with E-state index in [2.05, 4.69) is 34.9 Å². The number of amides is 1. The lowest BCUT2D eigenvalue weighted by Crippen LogP contribution is -2.50. The van der Waals surface area contributed by atoms with E-state index in [1.807, 2.05) is 35.4 Å². The molecule has 1 aromatic carbocycles.